The van der Waals surface area contributed by atoms with Crippen molar-refractivity contribution in [2.45, 2.75) is 24.2 Å². The average molecular weight is 351 g/mol. The van der Waals surface area contributed by atoms with Crippen LogP contribution >= 0.6 is 11.8 Å². The van der Waals surface area contributed by atoms with Gasteiger partial charge in [0.15, 0.2) is 0 Å². The Kier molecular flexibility index (Phi) is 4.79. The maximum Gasteiger partial charge on any atom is 0.223 e. The Morgan fingerprint density at radius 3 is 2.52 bits per heavy atom. The van der Waals surface area contributed by atoms with E-state index in [0.717, 1.165) is 58.9 Å². The lowest BCUT2D eigenvalue weighted by Gasteiger charge is -2.14. The minimum absolute atomic E-state index is 0.277. The number of rotatable bonds is 5. The monoisotopic (exact) mass is 351 g/mol. The molecule has 3 aromatic rings. The number of furan rings is 1. The molecule has 0 bridgehead atoms. The van der Waals surface area contributed by atoms with E-state index in [4.69, 9.17) is 4.42 Å². The van der Waals surface area contributed by atoms with Crippen LogP contribution in [0.5, 0.6) is 0 Å². The van der Waals surface area contributed by atoms with Crippen molar-refractivity contribution in [3.05, 3.63) is 54.6 Å². The Morgan fingerprint density at radius 1 is 1.00 bits per heavy atom. The molecule has 0 radical (unpaired) electrons. The van der Waals surface area contributed by atoms with Gasteiger partial charge in [0.25, 0.3) is 0 Å². The van der Waals surface area contributed by atoms with E-state index < -0.39 is 0 Å². The first-order valence-electron chi connectivity index (χ1n) is 8.80. The van der Waals surface area contributed by atoms with E-state index in [1.807, 2.05) is 41.3 Å². The molecule has 2 aromatic carbocycles. The lowest BCUT2D eigenvalue weighted by molar-refractivity contribution is -0.129. The van der Waals surface area contributed by atoms with Crippen LogP contribution in [-0.4, -0.2) is 29.6 Å². The van der Waals surface area contributed by atoms with Crippen molar-refractivity contribution in [2.24, 2.45) is 0 Å². The van der Waals surface area contributed by atoms with Crippen molar-refractivity contribution in [1.29, 1.82) is 0 Å². The molecule has 1 amide bonds. The first kappa shape index (κ1) is 16.3. The van der Waals surface area contributed by atoms with Crippen molar-refractivity contribution in [1.82, 2.24) is 4.90 Å². The standard InChI is InChI=1S/C21H21NO2S/c23-19(22-13-6-7-14-22)12-15-25-21-17-10-4-5-11-18(17)24-20(21)16-8-2-1-3-9-16/h1-5,8-11H,6-7,12-15H2. The highest BCUT2D eigenvalue weighted by Gasteiger charge is 2.19. The van der Waals surface area contributed by atoms with Gasteiger partial charge in [0, 0.05) is 36.2 Å². The number of carbonyl (C=O) groups is 1. The number of likely N-dealkylation sites (tertiary alicyclic amines) is 1. The van der Waals surface area contributed by atoms with Gasteiger partial charge in [0.1, 0.15) is 11.3 Å². The lowest BCUT2D eigenvalue weighted by Crippen LogP contribution is -2.27. The molecule has 128 valence electrons. The highest BCUT2D eigenvalue weighted by atomic mass is 32.2. The largest absolute Gasteiger partial charge is 0.455 e. The molecule has 0 aliphatic carbocycles. The van der Waals surface area contributed by atoms with Crippen LogP contribution < -0.4 is 0 Å². The van der Waals surface area contributed by atoms with Gasteiger partial charge in [-0.1, -0.05) is 42.5 Å². The summed E-state index contributed by atoms with van der Waals surface area (Å²) in [6, 6.07) is 18.3. The number of carbonyl (C=O) groups excluding carboxylic acids is 1. The highest BCUT2D eigenvalue weighted by Crippen LogP contribution is 2.40. The second kappa shape index (κ2) is 7.36. The zero-order valence-corrected chi connectivity index (χ0v) is 14.9. The number of thioether (sulfide) groups is 1. The molecule has 1 aromatic heterocycles. The zero-order chi connectivity index (χ0) is 17.1. The van der Waals surface area contributed by atoms with Gasteiger partial charge in [-0.3, -0.25) is 4.79 Å². The summed E-state index contributed by atoms with van der Waals surface area (Å²) in [4.78, 5) is 15.4. The van der Waals surface area contributed by atoms with Gasteiger partial charge in [-0.05, 0) is 25.0 Å². The maximum absolute atomic E-state index is 12.3. The van der Waals surface area contributed by atoms with Gasteiger partial charge in [-0.25, -0.2) is 0 Å². The van der Waals surface area contributed by atoms with Crippen molar-refractivity contribution >= 4 is 28.6 Å². The molecule has 0 saturated carbocycles. The third-order valence-electron chi connectivity index (χ3n) is 4.61. The fraction of sp³-hybridized carbons (Fsp3) is 0.286. The first-order valence-corrected chi connectivity index (χ1v) is 9.79. The van der Waals surface area contributed by atoms with Crippen LogP contribution in [0.2, 0.25) is 0 Å². The molecule has 1 saturated heterocycles. The Labute approximate surface area is 152 Å². The molecule has 1 fully saturated rings. The van der Waals surface area contributed by atoms with Crippen LogP contribution in [-0.2, 0) is 4.79 Å². The second-order valence-electron chi connectivity index (χ2n) is 6.31. The fourth-order valence-corrected chi connectivity index (χ4v) is 4.41. The third kappa shape index (κ3) is 3.45. The normalized spacial score (nSPS) is 14.3. The molecule has 1 aliphatic heterocycles. The molecule has 25 heavy (non-hydrogen) atoms. The summed E-state index contributed by atoms with van der Waals surface area (Å²) in [6.45, 7) is 1.85. The Hall–Kier alpha value is -2.20. The van der Waals surface area contributed by atoms with E-state index in [1.54, 1.807) is 11.8 Å². The molecule has 4 heteroatoms. The van der Waals surface area contributed by atoms with Crippen LogP contribution in [0.4, 0.5) is 0 Å². The molecule has 3 nitrogen and oxygen atoms in total. The maximum atomic E-state index is 12.3. The SMILES string of the molecule is O=C(CCSc1c(-c2ccccc2)oc2ccccc12)N1CCCC1. The van der Waals surface area contributed by atoms with Crippen LogP contribution in [0.3, 0.4) is 0 Å². The summed E-state index contributed by atoms with van der Waals surface area (Å²) in [6.07, 6.45) is 2.87. The number of fused-ring (bicyclic) bond motifs is 1. The predicted molar refractivity (Wildman–Crippen MR) is 103 cm³/mol. The number of benzene rings is 2. The average Bonchev–Trinajstić information content (AvgIpc) is 3.31. The second-order valence-corrected chi connectivity index (χ2v) is 7.41. The molecule has 2 heterocycles. The number of nitrogens with zero attached hydrogens (tertiary/aromatic N) is 1. The topological polar surface area (TPSA) is 33.5 Å². The summed E-state index contributed by atoms with van der Waals surface area (Å²) in [5, 5.41) is 1.12. The zero-order valence-electron chi connectivity index (χ0n) is 14.1. The fourth-order valence-electron chi connectivity index (χ4n) is 3.31. The summed E-state index contributed by atoms with van der Waals surface area (Å²) < 4.78 is 6.13. The van der Waals surface area contributed by atoms with Gasteiger partial charge in [0.2, 0.25) is 5.91 Å². The van der Waals surface area contributed by atoms with Crippen molar-refractivity contribution in [3.63, 3.8) is 0 Å². The number of hydrogen-bond donors (Lipinski definition) is 0. The molecule has 0 atom stereocenters. The van der Waals surface area contributed by atoms with E-state index in [2.05, 4.69) is 18.2 Å². The summed E-state index contributed by atoms with van der Waals surface area (Å²) in [5.41, 5.74) is 1.97. The van der Waals surface area contributed by atoms with E-state index in [9.17, 15) is 4.79 Å². The van der Waals surface area contributed by atoms with Gasteiger partial charge in [-0.15, -0.1) is 11.8 Å². The van der Waals surface area contributed by atoms with Crippen molar-refractivity contribution in [3.8, 4) is 11.3 Å². The van der Waals surface area contributed by atoms with E-state index in [1.165, 1.54) is 0 Å². The highest BCUT2D eigenvalue weighted by molar-refractivity contribution is 7.99. The van der Waals surface area contributed by atoms with E-state index >= 15 is 0 Å². The Bertz CT molecular complexity index is 866. The summed E-state index contributed by atoms with van der Waals surface area (Å²) in [5.74, 6) is 1.96. The third-order valence-corrected chi connectivity index (χ3v) is 5.71. The molecular weight excluding hydrogens is 330 g/mol. The van der Waals surface area contributed by atoms with Gasteiger partial charge in [-0.2, -0.15) is 0 Å². The lowest BCUT2D eigenvalue weighted by atomic mass is 10.1. The van der Waals surface area contributed by atoms with E-state index in [-0.39, 0.29) is 5.91 Å². The van der Waals surface area contributed by atoms with Crippen LogP contribution in [0.25, 0.3) is 22.3 Å². The molecule has 1 aliphatic rings. The first-order chi connectivity index (χ1) is 12.3. The van der Waals surface area contributed by atoms with Crippen LogP contribution in [0, 0.1) is 0 Å². The quantitative estimate of drug-likeness (QED) is 0.592. The van der Waals surface area contributed by atoms with Gasteiger partial charge < -0.3 is 9.32 Å². The molecule has 0 unspecified atom stereocenters. The number of amides is 1. The van der Waals surface area contributed by atoms with Crippen LogP contribution in [0.1, 0.15) is 19.3 Å². The number of para-hydroxylation sites is 1. The minimum Gasteiger partial charge on any atom is -0.455 e. The molecular formula is C21H21NO2S. The Balaban J connectivity index is 1.56. The van der Waals surface area contributed by atoms with Crippen molar-refractivity contribution < 1.29 is 9.21 Å². The molecule has 0 spiro atoms. The van der Waals surface area contributed by atoms with Crippen LogP contribution in [0.15, 0.2) is 63.9 Å². The van der Waals surface area contributed by atoms with Crippen molar-refractivity contribution in [2.75, 3.05) is 18.8 Å². The summed E-state index contributed by atoms with van der Waals surface area (Å²) in [7, 11) is 0. The smallest absolute Gasteiger partial charge is 0.223 e. The van der Waals surface area contributed by atoms with Gasteiger partial charge >= 0.3 is 0 Å². The Morgan fingerprint density at radius 2 is 1.72 bits per heavy atom. The minimum atomic E-state index is 0.277. The molecule has 0 N–H and O–H groups in total. The molecule has 4 rings (SSSR count). The number of hydrogen-bond acceptors (Lipinski definition) is 3. The van der Waals surface area contributed by atoms with Gasteiger partial charge in [0.05, 0.1) is 4.90 Å². The van der Waals surface area contributed by atoms with E-state index in [0.29, 0.717) is 6.42 Å². The predicted octanol–water partition coefficient (Wildman–Crippen LogP) is 5.20. The summed E-state index contributed by atoms with van der Waals surface area (Å²) >= 11 is 1.72.